The molecule has 10 heteroatoms. The standard InChI is InChI=1S/C11H6F7NOS/c12-8-3-6(1-2-7(8)4-19)5-20-9(21,10(13,14)15)11(16,17)18/h1-3,21H,5H2. The highest BCUT2D eigenvalue weighted by Crippen LogP contribution is 2.48. The third kappa shape index (κ3) is 3.59. The van der Waals surface area contributed by atoms with Crippen molar-refractivity contribution in [2.75, 3.05) is 0 Å². The maximum Gasteiger partial charge on any atom is 0.436 e. The molecule has 1 rings (SSSR count). The molecule has 0 aromatic heterocycles. The average Bonchev–Trinajstić information content (AvgIpc) is 2.33. The van der Waals surface area contributed by atoms with E-state index in [-0.39, 0.29) is 5.56 Å². The van der Waals surface area contributed by atoms with Gasteiger partial charge in [0.1, 0.15) is 11.9 Å². The summed E-state index contributed by atoms with van der Waals surface area (Å²) in [6.07, 6.45) is -11.6. The number of nitriles is 1. The number of hydrogen-bond donors (Lipinski definition) is 1. The number of nitrogens with zero attached hydrogens (tertiary/aromatic N) is 1. The maximum absolute atomic E-state index is 13.2. The zero-order valence-electron chi connectivity index (χ0n) is 9.89. The van der Waals surface area contributed by atoms with Gasteiger partial charge in [0.25, 0.3) is 0 Å². The molecule has 0 fully saturated rings. The minimum atomic E-state index is -5.82. The van der Waals surface area contributed by atoms with E-state index in [1.54, 1.807) is 0 Å². The summed E-state index contributed by atoms with van der Waals surface area (Å²) in [5.74, 6) is -1.08. The molecule has 0 atom stereocenters. The van der Waals surface area contributed by atoms with Crippen molar-refractivity contribution in [2.24, 2.45) is 0 Å². The third-order valence-corrected chi connectivity index (χ3v) is 3.01. The third-order valence-electron chi connectivity index (χ3n) is 2.37. The first-order valence-electron chi connectivity index (χ1n) is 5.10. The lowest BCUT2D eigenvalue weighted by Crippen LogP contribution is -2.54. The molecule has 2 nitrogen and oxygen atoms in total. The van der Waals surface area contributed by atoms with Crippen molar-refractivity contribution >= 4 is 12.6 Å². The van der Waals surface area contributed by atoms with E-state index in [2.05, 4.69) is 17.4 Å². The topological polar surface area (TPSA) is 33.0 Å². The molecule has 0 heterocycles. The molecule has 0 amide bonds. The Labute approximate surface area is 119 Å². The number of alkyl halides is 6. The first-order valence-corrected chi connectivity index (χ1v) is 5.55. The summed E-state index contributed by atoms with van der Waals surface area (Å²) < 4.78 is 91.8. The second-order valence-corrected chi connectivity index (χ2v) is 4.48. The van der Waals surface area contributed by atoms with E-state index in [1.807, 2.05) is 0 Å². The molecule has 0 unspecified atom stereocenters. The van der Waals surface area contributed by atoms with Gasteiger partial charge in [-0.3, -0.25) is 0 Å². The lowest BCUT2D eigenvalue weighted by molar-refractivity contribution is -0.342. The van der Waals surface area contributed by atoms with Crippen LogP contribution in [0.4, 0.5) is 30.7 Å². The van der Waals surface area contributed by atoms with E-state index in [9.17, 15) is 30.7 Å². The van der Waals surface area contributed by atoms with Crippen LogP contribution in [-0.4, -0.2) is 17.3 Å². The van der Waals surface area contributed by atoms with Crippen LogP contribution in [0, 0.1) is 17.1 Å². The van der Waals surface area contributed by atoms with Gasteiger partial charge in [0.05, 0.1) is 12.2 Å². The normalized spacial score (nSPS) is 13.1. The van der Waals surface area contributed by atoms with E-state index >= 15 is 0 Å². The molecule has 1 aromatic rings. The fourth-order valence-electron chi connectivity index (χ4n) is 1.25. The van der Waals surface area contributed by atoms with Gasteiger partial charge >= 0.3 is 17.3 Å². The quantitative estimate of drug-likeness (QED) is 0.516. The summed E-state index contributed by atoms with van der Waals surface area (Å²) in [5, 5.41) is 8.45. The van der Waals surface area contributed by atoms with Gasteiger partial charge in [-0.1, -0.05) is 6.07 Å². The van der Waals surface area contributed by atoms with Crippen molar-refractivity contribution in [3.05, 3.63) is 35.1 Å². The molecule has 0 bridgehead atoms. The summed E-state index contributed by atoms with van der Waals surface area (Å²) in [6.45, 7) is -1.19. The lowest BCUT2D eigenvalue weighted by atomic mass is 10.1. The lowest BCUT2D eigenvalue weighted by Gasteiger charge is -2.32. The molecule has 116 valence electrons. The molecule has 0 aliphatic carbocycles. The number of halogens is 7. The molecule has 0 N–H and O–H groups in total. The Hall–Kier alpha value is -1.47. The molecule has 0 aliphatic heterocycles. The number of benzene rings is 1. The fourth-order valence-corrected chi connectivity index (χ4v) is 1.32. The van der Waals surface area contributed by atoms with Gasteiger partial charge in [-0.25, -0.2) is 4.39 Å². The Bertz CT molecular complexity index is 547. The number of thiol groups is 1. The molecule has 1 aromatic carbocycles. The van der Waals surface area contributed by atoms with Crippen LogP contribution >= 0.6 is 12.6 Å². The Morgan fingerprint density at radius 1 is 1.10 bits per heavy atom. The van der Waals surface area contributed by atoms with Crippen LogP contribution in [-0.2, 0) is 11.3 Å². The van der Waals surface area contributed by atoms with Crippen molar-refractivity contribution in [1.29, 1.82) is 5.26 Å². The molecule has 0 saturated heterocycles. The van der Waals surface area contributed by atoms with Gasteiger partial charge < -0.3 is 4.74 Å². The van der Waals surface area contributed by atoms with E-state index < -0.39 is 35.3 Å². The second-order valence-electron chi connectivity index (χ2n) is 3.85. The van der Waals surface area contributed by atoms with Crippen molar-refractivity contribution in [1.82, 2.24) is 0 Å². The van der Waals surface area contributed by atoms with Crippen LogP contribution in [0.3, 0.4) is 0 Å². The van der Waals surface area contributed by atoms with Gasteiger partial charge in [-0.15, -0.1) is 12.6 Å². The zero-order chi connectivity index (χ0) is 16.5. The van der Waals surface area contributed by atoms with Crippen molar-refractivity contribution in [3.8, 4) is 6.07 Å². The highest BCUT2D eigenvalue weighted by Gasteiger charge is 2.70. The van der Waals surface area contributed by atoms with Crippen LogP contribution in [0.15, 0.2) is 18.2 Å². The van der Waals surface area contributed by atoms with Gasteiger partial charge in [-0.05, 0) is 17.7 Å². The van der Waals surface area contributed by atoms with Crippen molar-refractivity contribution in [2.45, 2.75) is 23.9 Å². The van der Waals surface area contributed by atoms with E-state index in [4.69, 9.17) is 5.26 Å². The predicted molar refractivity (Wildman–Crippen MR) is 59.7 cm³/mol. The monoisotopic (exact) mass is 333 g/mol. The summed E-state index contributed by atoms with van der Waals surface area (Å²) >= 11 is 2.56. The largest absolute Gasteiger partial charge is 0.436 e. The number of ether oxygens (including phenoxy) is 1. The van der Waals surface area contributed by atoms with Crippen LogP contribution < -0.4 is 0 Å². The minimum absolute atomic E-state index is 0.307. The Balaban J connectivity index is 2.99. The molecule has 0 saturated carbocycles. The van der Waals surface area contributed by atoms with E-state index in [0.29, 0.717) is 6.07 Å². The van der Waals surface area contributed by atoms with Crippen LogP contribution in [0.25, 0.3) is 0 Å². The van der Waals surface area contributed by atoms with E-state index in [1.165, 1.54) is 6.07 Å². The van der Waals surface area contributed by atoms with Crippen molar-refractivity contribution in [3.63, 3.8) is 0 Å². The maximum atomic E-state index is 13.2. The summed E-state index contributed by atoms with van der Waals surface area (Å²) in [7, 11) is 0. The summed E-state index contributed by atoms with van der Waals surface area (Å²) in [5.41, 5.74) is -0.707. The molecule has 0 radical (unpaired) electrons. The Morgan fingerprint density at radius 3 is 2.00 bits per heavy atom. The fraction of sp³-hybridized carbons (Fsp3) is 0.364. The van der Waals surface area contributed by atoms with Gasteiger partial charge in [0.15, 0.2) is 0 Å². The highest BCUT2D eigenvalue weighted by molar-refractivity contribution is 7.81. The van der Waals surface area contributed by atoms with E-state index in [0.717, 1.165) is 12.1 Å². The SMILES string of the molecule is N#Cc1ccc(COC(S)(C(F)(F)F)C(F)(F)F)cc1F. The predicted octanol–water partition coefficient (Wildman–Crippen LogP) is 3.96. The molecule has 0 spiro atoms. The first-order chi connectivity index (χ1) is 9.42. The number of hydrogen-bond acceptors (Lipinski definition) is 3. The van der Waals surface area contributed by atoms with Crippen LogP contribution in [0.5, 0.6) is 0 Å². The smallest absolute Gasteiger partial charge is 0.344 e. The molecular formula is C11H6F7NOS. The highest BCUT2D eigenvalue weighted by atomic mass is 32.1. The Kier molecular flexibility index (Phi) is 4.80. The zero-order valence-corrected chi connectivity index (χ0v) is 10.8. The average molecular weight is 333 g/mol. The Morgan fingerprint density at radius 2 is 1.62 bits per heavy atom. The summed E-state index contributed by atoms with van der Waals surface area (Å²) in [4.78, 5) is -4.68. The van der Waals surface area contributed by atoms with Crippen molar-refractivity contribution < 1.29 is 35.5 Å². The van der Waals surface area contributed by atoms with Crippen LogP contribution in [0.1, 0.15) is 11.1 Å². The van der Waals surface area contributed by atoms with Crippen LogP contribution in [0.2, 0.25) is 0 Å². The van der Waals surface area contributed by atoms with Gasteiger partial charge in [-0.2, -0.15) is 31.6 Å². The van der Waals surface area contributed by atoms with Gasteiger partial charge in [0.2, 0.25) is 0 Å². The second kappa shape index (κ2) is 5.73. The minimum Gasteiger partial charge on any atom is -0.344 e. The molecular weight excluding hydrogens is 327 g/mol. The number of rotatable bonds is 3. The molecule has 0 aliphatic rings. The molecule has 21 heavy (non-hydrogen) atoms. The first kappa shape index (κ1) is 17.6. The van der Waals surface area contributed by atoms with Gasteiger partial charge in [0, 0.05) is 0 Å². The summed E-state index contributed by atoms with van der Waals surface area (Å²) in [6, 6.07) is 3.95.